The van der Waals surface area contributed by atoms with E-state index in [4.69, 9.17) is 0 Å². The normalized spacial score (nSPS) is 39.6. The lowest BCUT2D eigenvalue weighted by molar-refractivity contribution is -0.193. The molecule has 3 aliphatic carbocycles. The van der Waals surface area contributed by atoms with Crippen LogP contribution >= 0.6 is 0 Å². The topological polar surface area (TPSA) is 78.0 Å². The van der Waals surface area contributed by atoms with Gasteiger partial charge in [0, 0.05) is 38.0 Å². The molecule has 0 aromatic carbocycles. The minimum absolute atomic E-state index is 0.00926. The third-order valence-corrected chi connectivity index (χ3v) is 11.5. The fourth-order valence-electron chi connectivity index (χ4n) is 7.74. The van der Waals surface area contributed by atoms with Crippen LogP contribution in [0.5, 0.6) is 0 Å². The maximum atomic E-state index is 14.0. The molecule has 5 aliphatic rings. The fraction of sp³-hybridized carbons (Fsp3) is 0.920. The van der Waals surface area contributed by atoms with Crippen molar-refractivity contribution in [2.75, 3.05) is 18.8 Å². The Bertz CT molecular complexity index is 986. The molecule has 6 unspecified atom stereocenters. The number of hydrogen-bond donors (Lipinski definition) is 0. The summed E-state index contributed by atoms with van der Waals surface area (Å²) >= 11 is 0. The van der Waals surface area contributed by atoms with Crippen molar-refractivity contribution in [3.63, 3.8) is 0 Å². The summed E-state index contributed by atoms with van der Waals surface area (Å²) in [6.07, 6.45) is 0.0733. The van der Waals surface area contributed by atoms with E-state index >= 15 is 0 Å². The van der Waals surface area contributed by atoms with E-state index in [0.29, 0.717) is 45.2 Å². The Labute approximate surface area is 211 Å². The van der Waals surface area contributed by atoms with E-state index in [9.17, 15) is 31.2 Å². The van der Waals surface area contributed by atoms with Gasteiger partial charge in [0.15, 0.2) is 0 Å². The van der Waals surface area contributed by atoms with E-state index in [0.717, 1.165) is 12.8 Å². The average molecular weight is 534 g/mol. The van der Waals surface area contributed by atoms with Crippen LogP contribution in [0.3, 0.4) is 0 Å². The number of hydrogen-bond acceptors (Lipinski definition) is 4. The highest BCUT2D eigenvalue weighted by molar-refractivity contribution is 7.89. The van der Waals surface area contributed by atoms with Crippen molar-refractivity contribution in [3.8, 4) is 0 Å². The number of rotatable bonds is 3. The summed E-state index contributed by atoms with van der Waals surface area (Å²) in [6.45, 7) is 4.28. The molecule has 2 aliphatic heterocycles. The van der Waals surface area contributed by atoms with E-state index in [1.807, 2.05) is 16.7 Å². The molecule has 2 heterocycles. The number of alkyl halides is 3. The van der Waals surface area contributed by atoms with Crippen molar-refractivity contribution in [1.82, 2.24) is 14.1 Å². The van der Waals surface area contributed by atoms with Gasteiger partial charge in [0.1, 0.15) is 0 Å². The van der Waals surface area contributed by atoms with Crippen molar-refractivity contribution in [3.05, 3.63) is 0 Å². The summed E-state index contributed by atoms with van der Waals surface area (Å²) < 4.78 is 68.4. The number of halogens is 3. The summed E-state index contributed by atoms with van der Waals surface area (Å²) in [4.78, 5) is 29.5. The maximum Gasteiger partial charge on any atom is 0.391 e. The summed E-state index contributed by atoms with van der Waals surface area (Å²) in [5.74, 6) is -1.65. The van der Waals surface area contributed by atoms with Crippen molar-refractivity contribution in [1.29, 1.82) is 0 Å². The molecule has 5 rings (SSSR count). The van der Waals surface area contributed by atoms with Crippen LogP contribution in [0, 0.1) is 23.7 Å². The quantitative estimate of drug-likeness (QED) is 0.557. The Morgan fingerprint density at radius 1 is 0.917 bits per heavy atom. The first-order valence-corrected chi connectivity index (χ1v) is 15.1. The molecule has 0 spiro atoms. The van der Waals surface area contributed by atoms with Gasteiger partial charge >= 0.3 is 6.18 Å². The van der Waals surface area contributed by atoms with Gasteiger partial charge in [0.25, 0.3) is 0 Å². The first-order valence-electron chi connectivity index (χ1n) is 13.5. The zero-order chi connectivity index (χ0) is 26.0. The second kappa shape index (κ2) is 9.43. The van der Waals surface area contributed by atoms with Crippen LogP contribution in [-0.2, 0) is 19.6 Å². The maximum absolute atomic E-state index is 14.0. The zero-order valence-corrected chi connectivity index (χ0v) is 21.9. The largest absolute Gasteiger partial charge is 0.391 e. The van der Waals surface area contributed by atoms with Crippen LogP contribution in [-0.4, -0.2) is 83.5 Å². The van der Waals surface area contributed by atoms with E-state index < -0.39 is 28.2 Å². The standard InChI is InChI=1S/C25H38F3N3O4S/c1-15-14-29(24(33)17-4-5-17)23-12-18(6-7-22(23)31(15)16(2)32)19-10-20(25(26,27)28)13-21(11-19)30-8-3-9-36(30,34)35/h15,17-23H,3-14H2,1-2H3/t15-,18?,19?,20?,21?,22?,23?/m0/s1. The summed E-state index contributed by atoms with van der Waals surface area (Å²) in [5, 5.41) is 0. The lowest BCUT2D eigenvalue weighted by Gasteiger charge is -2.55. The van der Waals surface area contributed by atoms with Gasteiger partial charge in [-0.05, 0) is 76.5 Å². The van der Waals surface area contributed by atoms with Crippen LogP contribution in [0.25, 0.3) is 0 Å². The Morgan fingerprint density at radius 2 is 1.64 bits per heavy atom. The van der Waals surface area contributed by atoms with Crippen molar-refractivity contribution >= 4 is 21.8 Å². The Balaban J connectivity index is 1.39. The molecule has 0 aromatic rings. The van der Waals surface area contributed by atoms with Gasteiger partial charge in [0.05, 0.1) is 23.8 Å². The first-order chi connectivity index (χ1) is 16.9. The van der Waals surface area contributed by atoms with Gasteiger partial charge < -0.3 is 9.80 Å². The monoisotopic (exact) mass is 533 g/mol. The number of piperazine rings is 1. The fourth-order valence-corrected chi connectivity index (χ4v) is 9.50. The molecule has 2 saturated heterocycles. The third-order valence-electron chi connectivity index (χ3n) is 9.48. The molecule has 204 valence electrons. The lowest BCUT2D eigenvalue weighted by Crippen LogP contribution is -2.67. The van der Waals surface area contributed by atoms with Gasteiger partial charge in [-0.25, -0.2) is 8.42 Å². The van der Waals surface area contributed by atoms with Crippen molar-refractivity contribution in [2.45, 2.75) is 102 Å². The van der Waals surface area contributed by atoms with Crippen molar-refractivity contribution in [2.24, 2.45) is 23.7 Å². The summed E-state index contributed by atoms with van der Waals surface area (Å²) in [7, 11) is -3.51. The highest BCUT2D eigenvalue weighted by atomic mass is 32.2. The molecule has 5 fully saturated rings. The molecule has 7 nitrogen and oxygen atoms in total. The predicted octanol–water partition coefficient (Wildman–Crippen LogP) is 3.40. The minimum Gasteiger partial charge on any atom is -0.335 e. The summed E-state index contributed by atoms with van der Waals surface area (Å²) in [5.41, 5.74) is 0. The van der Waals surface area contributed by atoms with Gasteiger partial charge in [-0.2, -0.15) is 17.5 Å². The van der Waals surface area contributed by atoms with E-state index in [1.165, 1.54) is 4.31 Å². The van der Waals surface area contributed by atoms with Crippen LogP contribution in [0.1, 0.15) is 71.6 Å². The number of nitrogens with zero attached hydrogens (tertiary/aromatic N) is 3. The molecular weight excluding hydrogens is 495 g/mol. The SMILES string of the molecule is CC(=O)N1C2CCC(C3CC(N4CCCS4(=O)=O)CC(C(F)(F)F)C3)CC2N(C(=O)C2CC2)C[C@@H]1C. The van der Waals surface area contributed by atoms with Crippen LogP contribution < -0.4 is 0 Å². The van der Waals surface area contributed by atoms with Gasteiger partial charge in [-0.3, -0.25) is 9.59 Å². The molecular formula is C25H38F3N3O4S. The molecule has 2 amide bonds. The van der Waals surface area contributed by atoms with Gasteiger partial charge in [-0.1, -0.05) is 0 Å². The number of amides is 2. The number of fused-ring (bicyclic) bond motifs is 1. The zero-order valence-electron chi connectivity index (χ0n) is 21.1. The second-order valence-corrected chi connectivity index (χ2v) is 13.9. The van der Waals surface area contributed by atoms with Gasteiger partial charge in [-0.15, -0.1) is 0 Å². The van der Waals surface area contributed by atoms with Crippen LogP contribution in [0.4, 0.5) is 13.2 Å². The lowest BCUT2D eigenvalue weighted by atomic mass is 9.66. The van der Waals surface area contributed by atoms with E-state index in [2.05, 4.69) is 0 Å². The minimum atomic E-state index is -4.36. The second-order valence-electron chi connectivity index (χ2n) is 11.9. The molecule has 0 radical (unpaired) electrons. The molecule has 0 aromatic heterocycles. The van der Waals surface area contributed by atoms with E-state index in [1.54, 1.807) is 6.92 Å². The van der Waals surface area contributed by atoms with Crippen LogP contribution in [0.15, 0.2) is 0 Å². The van der Waals surface area contributed by atoms with Crippen molar-refractivity contribution < 1.29 is 31.2 Å². The molecule has 0 bridgehead atoms. The molecule has 11 heteroatoms. The first kappa shape index (κ1) is 26.3. The summed E-state index contributed by atoms with van der Waals surface area (Å²) in [6, 6.07) is -0.999. The number of carbonyl (C=O) groups is 2. The number of sulfonamides is 1. The molecule has 36 heavy (non-hydrogen) atoms. The van der Waals surface area contributed by atoms with E-state index in [-0.39, 0.29) is 66.3 Å². The Hall–Kier alpha value is -1.36. The average Bonchev–Trinajstić information content (AvgIpc) is 3.59. The third kappa shape index (κ3) is 4.90. The molecule has 0 N–H and O–H groups in total. The number of carbonyl (C=O) groups excluding carboxylic acids is 2. The molecule has 7 atom stereocenters. The Morgan fingerprint density at radius 3 is 2.22 bits per heavy atom. The molecule has 3 saturated carbocycles. The van der Waals surface area contributed by atoms with Gasteiger partial charge in [0.2, 0.25) is 21.8 Å². The predicted molar refractivity (Wildman–Crippen MR) is 127 cm³/mol. The highest BCUT2D eigenvalue weighted by Crippen LogP contribution is 2.49. The van der Waals surface area contributed by atoms with Crippen LogP contribution in [0.2, 0.25) is 0 Å². The highest BCUT2D eigenvalue weighted by Gasteiger charge is 2.53. The smallest absolute Gasteiger partial charge is 0.335 e. The Kier molecular flexibility index (Phi) is 6.88.